The van der Waals surface area contributed by atoms with Crippen LogP contribution in [-0.4, -0.2) is 17.3 Å². The molecule has 0 bridgehead atoms. The molecule has 0 saturated carbocycles. The topological polar surface area (TPSA) is 17.1 Å². The number of hydrogen-bond donors (Lipinski definition) is 0. The molecule has 1 aromatic carbocycles. The lowest BCUT2D eigenvalue weighted by Gasteiger charge is -2.04. The van der Waals surface area contributed by atoms with Gasteiger partial charge in [-0.2, -0.15) is 11.8 Å². The van der Waals surface area contributed by atoms with E-state index in [0.717, 1.165) is 12.2 Å². The van der Waals surface area contributed by atoms with E-state index in [1.54, 1.807) is 30.0 Å². The predicted molar refractivity (Wildman–Crippen MR) is 71.9 cm³/mol. The van der Waals surface area contributed by atoms with Crippen LogP contribution in [-0.2, 0) is 11.2 Å². The molecule has 0 spiro atoms. The number of carbonyl (C=O) groups is 1. The van der Waals surface area contributed by atoms with Crippen LogP contribution in [0.25, 0.3) is 0 Å². The first-order valence-corrected chi connectivity index (χ1v) is 7.08. The summed E-state index contributed by atoms with van der Waals surface area (Å²) >= 11 is 1.64. The largest absolute Gasteiger partial charge is 0.298 e. The Balaban J connectivity index is 2.28. The number of thioether (sulfide) groups is 1. The van der Waals surface area contributed by atoms with Crippen LogP contribution in [0, 0.1) is 11.7 Å². The molecule has 0 radical (unpaired) electrons. The molecule has 0 N–H and O–H groups in total. The Morgan fingerprint density at radius 2 is 2.06 bits per heavy atom. The smallest absolute Gasteiger partial charge is 0.147 e. The molecule has 0 aromatic heterocycles. The Hall–Kier alpha value is -0.830. The zero-order valence-electron chi connectivity index (χ0n) is 10.4. The molecular weight excluding hydrogens is 235 g/mol. The van der Waals surface area contributed by atoms with Crippen LogP contribution in [0.3, 0.4) is 0 Å². The summed E-state index contributed by atoms with van der Waals surface area (Å²) in [5, 5.41) is 0. The van der Waals surface area contributed by atoms with E-state index in [2.05, 4.69) is 13.8 Å². The number of carbonyl (C=O) groups excluding carboxylic acids is 1. The van der Waals surface area contributed by atoms with Crippen molar-refractivity contribution in [3.05, 3.63) is 35.6 Å². The highest BCUT2D eigenvalue weighted by atomic mass is 32.2. The van der Waals surface area contributed by atoms with Gasteiger partial charge in [-0.3, -0.25) is 4.79 Å². The average molecular weight is 254 g/mol. The van der Waals surface area contributed by atoms with Crippen molar-refractivity contribution in [1.29, 1.82) is 0 Å². The highest BCUT2D eigenvalue weighted by molar-refractivity contribution is 7.99. The van der Waals surface area contributed by atoms with Gasteiger partial charge in [-0.15, -0.1) is 0 Å². The second-order valence-electron chi connectivity index (χ2n) is 4.54. The number of hydrogen-bond acceptors (Lipinski definition) is 2. The van der Waals surface area contributed by atoms with Crippen molar-refractivity contribution in [1.82, 2.24) is 0 Å². The number of rotatable bonds is 7. The van der Waals surface area contributed by atoms with Gasteiger partial charge in [0, 0.05) is 6.42 Å². The third-order valence-corrected chi connectivity index (χ3v) is 3.50. The van der Waals surface area contributed by atoms with Crippen molar-refractivity contribution in [2.75, 3.05) is 11.5 Å². The lowest BCUT2D eigenvalue weighted by molar-refractivity contribution is -0.116. The first kappa shape index (κ1) is 14.2. The molecule has 0 aliphatic heterocycles. The van der Waals surface area contributed by atoms with E-state index in [4.69, 9.17) is 0 Å². The standard InChI is InChI=1S/C14H19FOS/c1-11(2)7-8-17-10-13(16)9-12-5-3-4-6-14(12)15/h3-6,11H,7-10H2,1-2H3. The summed E-state index contributed by atoms with van der Waals surface area (Å²) in [6.07, 6.45) is 1.33. The summed E-state index contributed by atoms with van der Waals surface area (Å²) in [5.41, 5.74) is 0.502. The van der Waals surface area contributed by atoms with Crippen LogP contribution < -0.4 is 0 Å². The molecule has 1 nitrogen and oxygen atoms in total. The third kappa shape index (κ3) is 5.87. The minimum absolute atomic E-state index is 0.101. The molecule has 1 rings (SSSR count). The zero-order chi connectivity index (χ0) is 12.7. The number of Topliss-reactive ketones (excluding diaryl/α,β-unsaturated/α-hetero) is 1. The number of halogens is 1. The fourth-order valence-electron chi connectivity index (χ4n) is 1.41. The Labute approximate surface area is 107 Å². The highest BCUT2D eigenvalue weighted by Crippen LogP contribution is 2.12. The summed E-state index contributed by atoms with van der Waals surface area (Å²) in [7, 11) is 0. The van der Waals surface area contributed by atoms with Crippen LogP contribution in [0.4, 0.5) is 4.39 Å². The van der Waals surface area contributed by atoms with Gasteiger partial charge < -0.3 is 0 Å². The second kappa shape index (κ2) is 7.49. The minimum atomic E-state index is -0.284. The first-order valence-electron chi connectivity index (χ1n) is 5.92. The van der Waals surface area contributed by atoms with E-state index in [0.29, 0.717) is 17.2 Å². The molecule has 0 heterocycles. The van der Waals surface area contributed by atoms with E-state index in [-0.39, 0.29) is 18.0 Å². The average Bonchev–Trinajstić information content (AvgIpc) is 2.27. The molecule has 94 valence electrons. The van der Waals surface area contributed by atoms with Crippen LogP contribution in [0.2, 0.25) is 0 Å². The lowest BCUT2D eigenvalue weighted by atomic mass is 10.1. The molecule has 0 aliphatic carbocycles. The Bertz CT molecular complexity index is 363. The quantitative estimate of drug-likeness (QED) is 0.690. The van der Waals surface area contributed by atoms with E-state index in [9.17, 15) is 9.18 Å². The minimum Gasteiger partial charge on any atom is -0.298 e. The van der Waals surface area contributed by atoms with Crippen molar-refractivity contribution in [3.8, 4) is 0 Å². The third-order valence-electron chi connectivity index (χ3n) is 2.45. The molecule has 0 unspecified atom stereocenters. The molecule has 0 aliphatic rings. The van der Waals surface area contributed by atoms with E-state index >= 15 is 0 Å². The first-order chi connectivity index (χ1) is 8.09. The molecule has 1 aromatic rings. The van der Waals surface area contributed by atoms with E-state index in [1.807, 2.05) is 0 Å². The normalized spacial score (nSPS) is 10.8. The molecule has 17 heavy (non-hydrogen) atoms. The van der Waals surface area contributed by atoms with Crippen LogP contribution >= 0.6 is 11.8 Å². The van der Waals surface area contributed by atoms with Crippen LogP contribution in [0.1, 0.15) is 25.8 Å². The lowest BCUT2D eigenvalue weighted by Crippen LogP contribution is -2.08. The maximum atomic E-state index is 13.3. The van der Waals surface area contributed by atoms with Crippen molar-refractivity contribution in [2.24, 2.45) is 5.92 Å². The van der Waals surface area contributed by atoms with E-state index in [1.165, 1.54) is 6.07 Å². The Kier molecular flexibility index (Phi) is 6.27. The molecule has 3 heteroatoms. The van der Waals surface area contributed by atoms with Gasteiger partial charge in [0.1, 0.15) is 11.6 Å². The molecule has 0 amide bonds. The Morgan fingerprint density at radius 3 is 2.71 bits per heavy atom. The van der Waals surface area contributed by atoms with Gasteiger partial charge in [0.05, 0.1) is 5.75 Å². The van der Waals surface area contributed by atoms with Crippen molar-refractivity contribution in [3.63, 3.8) is 0 Å². The number of benzene rings is 1. The monoisotopic (exact) mass is 254 g/mol. The van der Waals surface area contributed by atoms with Gasteiger partial charge in [-0.25, -0.2) is 4.39 Å². The molecule has 0 saturated heterocycles. The molecular formula is C14H19FOS. The maximum Gasteiger partial charge on any atom is 0.147 e. The SMILES string of the molecule is CC(C)CCSCC(=O)Cc1ccccc1F. The number of ketones is 1. The molecule has 0 fully saturated rings. The second-order valence-corrected chi connectivity index (χ2v) is 5.65. The van der Waals surface area contributed by atoms with Gasteiger partial charge in [-0.05, 0) is 29.7 Å². The molecule has 0 atom stereocenters. The summed E-state index contributed by atoms with van der Waals surface area (Å²) in [6, 6.07) is 6.47. The van der Waals surface area contributed by atoms with Gasteiger partial charge in [-0.1, -0.05) is 32.0 Å². The summed E-state index contributed by atoms with van der Waals surface area (Å²) in [4.78, 5) is 11.6. The van der Waals surface area contributed by atoms with Gasteiger partial charge in [0.15, 0.2) is 0 Å². The van der Waals surface area contributed by atoms with Crippen molar-refractivity contribution in [2.45, 2.75) is 26.7 Å². The predicted octanol–water partition coefficient (Wildman–Crippen LogP) is 3.72. The Morgan fingerprint density at radius 1 is 1.35 bits per heavy atom. The van der Waals surface area contributed by atoms with Gasteiger partial charge in [0.2, 0.25) is 0 Å². The summed E-state index contributed by atoms with van der Waals surface area (Å²) in [6.45, 7) is 4.34. The van der Waals surface area contributed by atoms with Crippen molar-refractivity contribution < 1.29 is 9.18 Å². The van der Waals surface area contributed by atoms with Crippen LogP contribution in [0.15, 0.2) is 24.3 Å². The maximum absolute atomic E-state index is 13.3. The van der Waals surface area contributed by atoms with E-state index < -0.39 is 0 Å². The zero-order valence-corrected chi connectivity index (χ0v) is 11.2. The van der Waals surface area contributed by atoms with Gasteiger partial charge in [0.25, 0.3) is 0 Å². The van der Waals surface area contributed by atoms with Crippen molar-refractivity contribution >= 4 is 17.5 Å². The summed E-state index contributed by atoms with van der Waals surface area (Å²) < 4.78 is 13.3. The van der Waals surface area contributed by atoms with Gasteiger partial charge >= 0.3 is 0 Å². The highest BCUT2D eigenvalue weighted by Gasteiger charge is 2.07. The fourth-order valence-corrected chi connectivity index (χ4v) is 2.52. The fraction of sp³-hybridized carbons (Fsp3) is 0.500. The van der Waals surface area contributed by atoms with Crippen LogP contribution in [0.5, 0.6) is 0 Å². The summed E-state index contributed by atoms with van der Waals surface area (Å²) in [5.74, 6) is 1.97.